The highest BCUT2D eigenvalue weighted by Crippen LogP contribution is 2.44. The minimum Gasteiger partial charge on any atom is -0.481 e. The summed E-state index contributed by atoms with van der Waals surface area (Å²) in [7, 11) is 0. The summed E-state index contributed by atoms with van der Waals surface area (Å²) in [5.41, 5.74) is 2.85. The van der Waals surface area contributed by atoms with E-state index in [1.807, 2.05) is 24.3 Å². The van der Waals surface area contributed by atoms with Gasteiger partial charge in [-0.05, 0) is 42.0 Å². The van der Waals surface area contributed by atoms with Gasteiger partial charge in [-0.2, -0.15) is 0 Å². The summed E-state index contributed by atoms with van der Waals surface area (Å²) in [5, 5.41) is 14.9. The number of carboxylic acid groups (broad SMARTS) is 1. The number of carbonyl (C=O) groups excluding carboxylic acids is 2. The predicted octanol–water partition coefficient (Wildman–Crippen LogP) is 4.56. The molecule has 0 heterocycles. The Morgan fingerprint density at radius 2 is 1.50 bits per heavy atom. The Bertz CT molecular complexity index is 1020. The van der Waals surface area contributed by atoms with Crippen molar-refractivity contribution in [3.8, 4) is 11.1 Å². The number of ether oxygens (including phenoxy) is 1. The van der Waals surface area contributed by atoms with Gasteiger partial charge >= 0.3 is 12.1 Å². The molecule has 0 bridgehead atoms. The minimum atomic E-state index is -1.01. The van der Waals surface area contributed by atoms with Gasteiger partial charge in [0.2, 0.25) is 5.91 Å². The summed E-state index contributed by atoms with van der Waals surface area (Å²) < 4.78 is 5.53. The number of benzene rings is 2. The summed E-state index contributed by atoms with van der Waals surface area (Å²) in [6, 6.07) is 16.3. The molecular weight excluding hydrogens is 432 g/mol. The third kappa shape index (κ3) is 5.41. The average molecular weight is 467 g/mol. The van der Waals surface area contributed by atoms with Crippen LogP contribution in [0.5, 0.6) is 0 Å². The summed E-state index contributed by atoms with van der Waals surface area (Å²) in [4.78, 5) is 36.4. The van der Waals surface area contributed by atoms with Gasteiger partial charge in [0.15, 0.2) is 0 Å². The molecule has 34 heavy (non-hydrogen) atoms. The Hall–Kier alpha value is -3.35. The van der Waals surface area contributed by atoms with E-state index >= 15 is 0 Å². The van der Waals surface area contributed by atoms with E-state index in [1.54, 1.807) is 27.7 Å². The molecule has 0 saturated carbocycles. The van der Waals surface area contributed by atoms with Crippen molar-refractivity contribution in [1.29, 1.82) is 0 Å². The standard InChI is InChI=1S/C27H34N2O5/c1-5-27(4,24(31)32)17-29-23(30)26(2,3)14-15-28-25(33)34-16-22-20-12-8-6-10-18(20)19-11-7-9-13-21(19)22/h6-13,22H,5,14-17H2,1-4H3,(H,28,33)(H,29,30)(H,31,32). The first-order valence-electron chi connectivity index (χ1n) is 11.7. The van der Waals surface area contributed by atoms with Gasteiger partial charge in [0, 0.05) is 24.4 Å². The molecule has 182 valence electrons. The van der Waals surface area contributed by atoms with E-state index in [4.69, 9.17) is 4.74 Å². The number of rotatable bonds is 10. The van der Waals surface area contributed by atoms with E-state index in [-0.39, 0.29) is 31.5 Å². The van der Waals surface area contributed by atoms with Crippen LogP contribution in [0.15, 0.2) is 48.5 Å². The van der Waals surface area contributed by atoms with E-state index < -0.39 is 22.9 Å². The number of carboxylic acids is 1. The number of hydrogen-bond acceptors (Lipinski definition) is 4. The van der Waals surface area contributed by atoms with Crippen LogP contribution in [0.2, 0.25) is 0 Å². The van der Waals surface area contributed by atoms with Crippen molar-refractivity contribution in [2.75, 3.05) is 19.7 Å². The molecule has 0 radical (unpaired) electrons. The van der Waals surface area contributed by atoms with E-state index in [2.05, 4.69) is 34.9 Å². The van der Waals surface area contributed by atoms with Crippen LogP contribution >= 0.6 is 0 Å². The third-order valence-electron chi connectivity index (χ3n) is 6.91. The second-order valence-electron chi connectivity index (χ2n) is 9.79. The Kier molecular flexibility index (Phi) is 7.64. The molecule has 7 heteroatoms. The number of alkyl carbamates (subject to hydrolysis) is 1. The lowest BCUT2D eigenvalue weighted by atomic mass is 9.85. The fourth-order valence-electron chi connectivity index (χ4n) is 4.11. The maximum atomic E-state index is 12.6. The SMILES string of the molecule is CCC(C)(CNC(=O)C(C)(C)CCNC(=O)OCC1c2ccccc2-c2ccccc21)C(=O)O. The molecule has 1 atom stereocenters. The molecule has 1 aliphatic carbocycles. The van der Waals surface area contributed by atoms with Gasteiger partial charge in [-0.3, -0.25) is 9.59 Å². The van der Waals surface area contributed by atoms with Crippen LogP contribution in [-0.4, -0.2) is 42.8 Å². The second-order valence-corrected chi connectivity index (χ2v) is 9.79. The van der Waals surface area contributed by atoms with Crippen LogP contribution in [0.1, 0.15) is 57.6 Å². The van der Waals surface area contributed by atoms with Gasteiger partial charge in [-0.15, -0.1) is 0 Å². The van der Waals surface area contributed by atoms with Crippen molar-refractivity contribution >= 4 is 18.0 Å². The molecule has 0 aromatic heterocycles. The van der Waals surface area contributed by atoms with Gasteiger partial charge in [-0.1, -0.05) is 69.3 Å². The molecular formula is C27H34N2O5. The van der Waals surface area contributed by atoms with Crippen LogP contribution in [0.4, 0.5) is 4.79 Å². The number of aliphatic carboxylic acids is 1. The fourth-order valence-corrected chi connectivity index (χ4v) is 4.11. The molecule has 1 unspecified atom stereocenters. The molecule has 3 rings (SSSR count). The summed E-state index contributed by atoms with van der Waals surface area (Å²) in [6.45, 7) is 7.49. The molecule has 0 aliphatic heterocycles. The summed E-state index contributed by atoms with van der Waals surface area (Å²) >= 11 is 0. The first-order valence-corrected chi connectivity index (χ1v) is 11.7. The number of fused-ring (bicyclic) bond motifs is 3. The van der Waals surface area contributed by atoms with Crippen molar-refractivity contribution < 1.29 is 24.2 Å². The van der Waals surface area contributed by atoms with E-state index in [1.165, 1.54) is 11.1 Å². The summed E-state index contributed by atoms with van der Waals surface area (Å²) in [5.74, 6) is -1.20. The Balaban J connectivity index is 1.48. The number of hydrogen-bond donors (Lipinski definition) is 3. The van der Waals surface area contributed by atoms with Gasteiger partial charge in [0.1, 0.15) is 6.61 Å². The normalized spacial score (nSPS) is 14.5. The summed E-state index contributed by atoms with van der Waals surface area (Å²) in [6.07, 6.45) is 0.271. The maximum Gasteiger partial charge on any atom is 0.407 e. The molecule has 2 amide bonds. The van der Waals surface area contributed by atoms with E-state index in [0.29, 0.717) is 12.8 Å². The molecule has 0 fully saturated rings. The molecule has 7 nitrogen and oxygen atoms in total. The maximum absolute atomic E-state index is 12.6. The molecule has 0 saturated heterocycles. The van der Waals surface area contributed by atoms with Crippen LogP contribution in [0.25, 0.3) is 11.1 Å². The monoisotopic (exact) mass is 466 g/mol. The fraction of sp³-hybridized carbons (Fsp3) is 0.444. The van der Waals surface area contributed by atoms with Crippen molar-refractivity contribution in [3.63, 3.8) is 0 Å². The zero-order valence-corrected chi connectivity index (χ0v) is 20.3. The van der Waals surface area contributed by atoms with Crippen molar-refractivity contribution in [2.24, 2.45) is 10.8 Å². The van der Waals surface area contributed by atoms with Gasteiger partial charge in [-0.25, -0.2) is 4.79 Å². The quantitative estimate of drug-likeness (QED) is 0.476. The first kappa shape index (κ1) is 25.3. The lowest BCUT2D eigenvalue weighted by Crippen LogP contribution is -2.46. The third-order valence-corrected chi connectivity index (χ3v) is 6.91. The molecule has 2 aromatic carbocycles. The molecule has 0 spiro atoms. The molecule has 3 N–H and O–H groups in total. The zero-order chi connectivity index (χ0) is 24.9. The Morgan fingerprint density at radius 1 is 0.941 bits per heavy atom. The lowest BCUT2D eigenvalue weighted by molar-refractivity contribution is -0.148. The van der Waals surface area contributed by atoms with Crippen LogP contribution in [-0.2, 0) is 14.3 Å². The molecule has 1 aliphatic rings. The highest BCUT2D eigenvalue weighted by molar-refractivity contribution is 5.83. The van der Waals surface area contributed by atoms with Crippen LogP contribution in [0.3, 0.4) is 0 Å². The van der Waals surface area contributed by atoms with Crippen LogP contribution < -0.4 is 10.6 Å². The van der Waals surface area contributed by atoms with Crippen molar-refractivity contribution in [2.45, 2.75) is 46.5 Å². The van der Waals surface area contributed by atoms with Crippen molar-refractivity contribution in [1.82, 2.24) is 10.6 Å². The Morgan fingerprint density at radius 3 is 2.03 bits per heavy atom. The number of carbonyl (C=O) groups is 3. The predicted molar refractivity (Wildman–Crippen MR) is 131 cm³/mol. The largest absolute Gasteiger partial charge is 0.481 e. The van der Waals surface area contributed by atoms with Crippen LogP contribution in [0, 0.1) is 10.8 Å². The van der Waals surface area contributed by atoms with Gasteiger partial charge in [0.05, 0.1) is 5.41 Å². The second kappa shape index (κ2) is 10.3. The van der Waals surface area contributed by atoms with Crippen molar-refractivity contribution in [3.05, 3.63) is 59.7 Å². The topological polar surface area (TPSA) is 105 Å². The minimum absolute atomic E-state index is 0.0116. The van der Waals surface area contributed by atoms with Gasteiger partial charge < -0.3 is 20.5 Å². The van der Waals surface area contributed by atoms with Gasteiger partial charge in [0.25, 0.3) is 0 Å². The highest BCUT2D eigenvalue weighted by atomic mass is 16.5. The number of nitrogens with one attached hydrogen (secondary N) is 2. The van der Waals surface area contributed by atoms with E-state index in [0.717, 1.165) is 11.1 Å². The zero-order valence-electron chi connectivity index (χ0n) is 20.3. The first-order chi connectivity index (χ1) is 16.1. The Labute approximate surface area is 200 Å². The average Bonchev–Trinajstić information content (AvgIpc) is 3.14. The highest BCUT2D eigenvalue weighted by Gasteiger charge is 2.34. The smallest absolute Gasteiger partial charge is 0.407 e. The number of amides is 2. The van der Waals surface area contributed by atoms with E-state index in [9.17, 15) is 19.5 Å². The lowest BCUT2D eigenvalue weighted by Gasteiger charge is -2.28. The molecule has 2 aromatic rings.